The zero-order valence-corrected chi connectivity index (χ0v) is 16.2. The Hall–Kier alpha value is -2.94. The van der Waals surface area contributed by atoms with Crippen LogP contribution in [0.15, 0.2) is 40.0 Å². The Labute approximate surface area is 167 Å². The molecule has 0 fully saturated rings. The Morgan fingerprint density at radius 1 is 1.34 bits per heavy atom. The standard InChI is InChI=1S/C20H25F2N5O2/c1-2-27(20-26-25-17(11-28)29-20)10-13-6-3-5-12(19(13)24)9-16(23)18-14(21)7-4-8-15(18)22/h4,7-9,13,28H,2-3,5-6,10-11,23-24H2,1H3/b16-9-. The molecule has 1 aromatic heterocycles. The number of aliphatic hydroxyl groups excluding tert-OH is 1. The molecular weight excluding hydrogens is 380 g/mol. The highest BCUT2D eigenvalue weighted by Crippen LogP contribution is 2.31. The minimum absolute atomic E-state index is 0.00214. The molecule has 29 heavy (non-hydrogen) atoms. The van der Waals surface area contributed by atoms with E-state index in [0.717, 1.165) is 18.4 Å². The quantitative estimate of drug-likeness (QED) is 0.649. The summed E-state index contributed by atoms with van der Waals surface area (Å²) in [6, 6.07) is 3.96. The van der Waals surface area contributed by atoms with Gasteiger partial charge in [0.05, 0.1) is 5.56 Å². The largest absolute Gasteiger partial charge is 0.405 e. The van der Waals surface area contributed by atoms with E-state index in [9.17, 15) is 8.78 Å². The first-order chi connectivity index (χ1) is 13.9. The summed E-state index contributed by atoms with van der Waals surface area (Å²) in [5.41, 5.74) is 13.6. The Morgan fingerprint density at radius 2 is 2.07 bits per heavy atom. The van der Waals surface area contributed by atoms with Gasteiger partial charge < -0.3 is 25.9 Å². The van der Waals surface area contributed by atoms with Crippen molar-refractivity contribution in [2.24, 2.45) is 17.4 Å². The summed E-state index contributed by atoms with van der Waals surface area (Å²) < 4.78 is 33.4. The van der Waals surface area contributed by atoms with Crippen molar-refractivity contribution >= 4 is 11.7 Å². The number of aromatic nitrogens is 2. The zero-order chi connectivity index (χ0) is 21.0. The van der Waals surface area contributed by atoms with Gasteiger partial charge in [-0.15, -0.1) is 5.10 Å². The number of anilines is 1. The molecule has 0 saturated heterocycles. The van der Waals surface area contributed by atoms with Crippen LogP contribution in [0, 0.1) is 17.6 Å². The first kappa shape index (κ1) is 20.8. The van der Waals surface area contributed by atoms with E-state index in [1.165, 1.54) is 18.2 Å². The van der Waals surface area contributed by atoms with Gasteiger partial charge in [0.1, 0.15) is 18.2 Å². The van der Waals surface area contributed by atoms with Crippen molar-refractivity contribution in [1.82, 2.24) is 10.2 Å². The molecule has 0 radical (unpaired) electrons. The van der Waals surface area contributed by atoms with Gasteiger partial charge in [-0.1, -0.05) is 11.2 Å². The van der Waals surface area contributed by atoms with Crippen molar-refractivity contribution in [3.05, 3.63) is 58.6 Å². The third kappa shape index (κ3) is 4.56. The normalized spacial score (nSPS) is 17.7. The second-order valence-electron chi connectivity index (χ2n) is 6.94. The molecule has 2 aromatic rings. The first-order valence-corrected chi connectivity index (χ1v) is 9.52. The van der Waals surface area contributed by atoms with Gasteiger partial charge in [-0.2, -0.15) is 0 Å². The zero-order valence-electron chi connectivity index (χ0n) is 16.2. The van der Waals surface area contributed by atoms with Crippen LogP contribution in [0.2, 0.25) is 0 Å². The van der Waals surface area contributed by atoms with Crippen LogP contribution in [-0.2, 0) is 6.61 Å². The Balaban J connectivity index is 1.84. The van der Waals surface area contributed by atoms with E-state index in [1.807, 2.05) is 11.8 Å². The number of rotatable bonds is 7. The smallest absolute Gasteiger partial charge is 0.318 e. The lowest BCUT2D eigenvalue weighted by Gasteiger charge is -2.29. The fraction of sp³-hybridized carbons (Fsp3) is 0.400. The van der Waals surface area contributed by atoms with Gasteiger partial charge in [0.25, 0.3) is 0 Å². The van der Waals surface area contributed by atoms with Crippen LogP contribution >= 0.6 is 0 Å². The third-order valence-electron chi connectivity index (χ3n) is 5.07. The van der Waals surface area contributed by atoms with Crippen molar-refractivity contribution in [3.8, 4) is 0 Å². The number of hydrogen-bond acceptors (Lipinski definition) is 7. The molecule has 5 N–H and O–H groups in total. The lowest BCUT2D eigenvalue weighted by atomic mass is 9.86. The van der Waals surface area contributed by atoms with E-state index in [2.05, 4.69) is 10.2 Å². The van der Waals surface area contributed by atoms with Crippen LogP contribution in [0.5, 0.6) is 0 Å². The summed E-state index contributed by atoms with van der Waals surface area (Å²) in [5, 5.41) is 16.8. The van der Waals surface area contributed by atoms with E-state index < -0.39 is 11.6 Å². The molecule has 3 rings (SSSR count). The minimum atomic E-state index is -0.710. The number of hydrogen-bond donors (Lipinski definition) is 3. The Kier molecular flexibility index (Phi) is 6.48. The summed E-state index contributed by atoms with van der Waals surface area (Å²) in [7, 11) is 0. The van der Waals surface area contributed by atoms with Crippen molar-refractivity contribution in [3.63, 3.8) is 0 Å². The number of halogens is 2. The molecule has 7 nitrogen and oxygen atoms in total. The molecule has 9 heteroatoms. The summed E-state index contributed by atoms with van der Waals surface area (Å²) >= 11 is 0. The minimum Gasteiger partial charge on any atom is -0.405 e. The monoisotopic (exact) mass is 405 g/mol. The summed E-state index contributed by atoms with van der Waals surface area (Å²) in [5.74, 6) is -1.27. The van der Waals surface area contributed by atoms with Gasteiger partial charge in [0, 0.05) is 30.4 Å². The van der Waals surface area contributed by atoms with Gasteiger partial charge in [-0.05, 0) is 50.0 Å². The van der Waals surface area contributed by atoms with Gasteiger partial charge in [-0.3, -0.25) is 0 Å². The van der Waals surface area contributed by atoms with Gasteiger partial charge in [0.15, 0.2) is 0 Å². The molecule has 1 heterocycles. The van der Waals surface area contributed by atoms with E-state index in [1.54, 1.807) is 6.08 Å². The topological polar surface area (TPSA) is 114 Å². The number of aliphatic hydroxyl groups is 1. The second kappa shape index (κ2) is 9.04. The molecule has 156 valence electrons. The number of benzene rings is 1. The van der Waals surface area contributed by atoms with Crippen molar-refractivity contribution < 1.29 is 18.3 Å². The Morgan fingerprint density at radius 3 is 2.69 bits per heavy atom. The van der Waals surface area contributed by atoms with Crippen LogP contribution in [0.3, 0.4) is 0 Å². The lowest BCUT2D eigenvalue weighted by molar-refractivity contribution is 0.240. The maximum atomic E-state index is 14.0. The molecule has 0 amide bonds. The van der Waals surface area contributed by atoms with Crippen LogP contribution in [0.4, 0.5) is 14.8 Å². The molecular formula is C20H25F2N5O2. The van der Waals surface area contributed by atoms with E-state index >= 15 is 0 Å². The van der Waals surface area contributed by atoms with Gasteiger partial charge in [-0.25, -0.2) is 8.78 Å². The molecule has 1 aliphatic rings. The molecule has 1 aromatic carbocycles. The molecule has 1 atom stereocenters. The predicted octanol–water partition coefficient (Wildman–Crippen LogP) is 2.68. The average molecular weight is 405 g/mol. The number of nitrogens with two attached hydrogens (primary N) is 2. The predicted molar refractivity (Wildman–Crippen MR) is 105 cm³/mol. The Bertz CT molecular complexity index is 905. The second-order valence-corrected chi connectivity index (χ2v) is 6.94. The van der Waals surface area contributed by atoms with Crippen LogP contribution < -0.4 is 16.4 Å². The fourth-order valence-corrected chi connectivity index (χ4v) is 3.52. The van der Waals surface area contributed by atoms with Crippen LogP contribution in [0.25, 0.3) is 5.70 Å². The molecule has 0 spiro atoms. The highest BCUT2D eigenvalue weighted by atomic mass is 19.1. The highest BCUT2D eigenvalue weighted by Gasteiger charge is 2.25. The molecule has 1 unspecified atom stereocenters. The fourth-order valence-electron chi connectivity index (χ4n) is 3.52. The van der Waals surface area contributed by atoms with Gasteiger partial charge in [0.2, 0.25) is 5.89 Å². The van der Waals surface area contributed by atoms with Crippen molar-refractivity contribution in [2.45, 2.75) is 32.8 Å². The third-order valence-corrected chi connectivity index (χ3v) is 5.07. The van der Waals surface area contributed by atoms with Gasteiger partial charge >= 0.3 is 6.01 Å². The average Bonchev–Trinajstić information content (AvgIpc) is 3.17. The van der Waals surface area contributed by atoms with Crippen LogP contribution in [0.1, 0.15) is 37.6 Å². The molecule has 1 aliphatic carbocycles. The van der Waals surface area contributed by atoms with Crippen molar-refractivity contribution in [2.75, 3.05) is 18.0 Å². The molecule has 0 saturated carbocycles. The lowest BCUT2D eigenvalue weighted by Crippen LogP contribution is -2.34. The summed E-state index contributed by atoms with van der Waals surface area (Å²) in [4.78, 5) is 1.89. The molecule has 0 aliphatic heterocycles. The van der Waals surface area contributed by atoms with E-state index in [0.29, 0.717) is 31.2 Å². The summed E-state index contributed by atoms with van der Waals surface area (Å²) in [6.07, 6.45) is 3.97. The molecule has 0 bridgehead atoms. The summed E-state index contributed by atoms with van der Waals surface area (Å²) in [6.45, 7) is 2.79. The van der Waals surface area contributed by atoms with E-state index in [-0.39, 0.29) is 29.7 Å². The highest BCUT2D eigenvalue weighted by molar-refractivity contribution is 5.66. The SMILES string of the molecule is CCN(CC1CCCC(/C=C(\N)c2c(F)cccc2F)=C1N)c1nnc(CO)o1. The van der Waals surface area contributed by atoms with Crippen LogP contribution in [-0.4, -0.2) is 28.4 Å². The number of allylic oxidation sites excluding steroid dienone is 2. The number of nitrogens with zero attached hydrogens (tertiary/aromatic N) is 3. The van der Waals surface area contributed by atoms with E-state index in [4.69, 9.17) is 21.0 Å². The first-order valence-electron chi connectivity index (χ1n) is 9.52. The maximum absolute atomic E-state index is 14.0. The van der Waals surface area contributed by atoms with Crippen molar-refractivity contribution in [1.29, 1.82) is 0 Å². The maximum Gasteiger partial charge on any atom is 0.318 e.